The summed E-state index contributed by atoms with van der Waals surface area (Å²) < 4.78 is 16.5. The highest BCUT2D eigenvalue weighted by molar-refractivity contribution is 7.15. The number of hydrogen-bond donors (Lipinski definition) is 2. The molecule has 0 bridgehead atoms. The first-order valence-electron chi connectivity index (χ1n) is 11.5. The van der Waals surface area contributed by atoms with Crippen molar-refractivity contribution in [2.45, 2.75) is 20.8 Å². The van der Waals surface area contributed by atoms with E-state index < -0.39 is 45.9 Å². The first-order chi connectivity index (χ1) is 19.8. The third-order valence-electron chi connectivity index (χ3n) is 4.88. The summed E-state index contributed by atoms with van der Waals surface area (Å²) in [5, 5.41) is 15.2. The Balaban J connectivity index is 0.000000199. The fourth-order valence-corrected chi connectivity index (χ4v) is 4.58. The van der Waals surface area contributed by atoms with Gasteiger partial charge in [-0.05, 0) is 20.8 Å². The standard InChI is InChI=1S/C13H14N2O5S.C8H6N2O4S.C3H4N2S/c1-13(2,3)11(18)20-8-7(10(17)19-4)14-12-15(9(8)16)5-6-21-12;1-14-7(13)4-5(11)6(12)10-2-3-15-8(10)9-4;4-3-5-1-2-6-3/h5-6H,1-4H3;2-3,11H,1H3;1-2H,(H2,4,5). The predicted molar refractivity (Wildman–Crippen MR) is 155 cm³/mol. The number of rotatable bonds is 3. The maximum Gasteiger partial charge on any atom is 0.360 e. The number of hydrogen-bond acceptors (Lipinski definition) is 16. The Morgan fingerprint density at radius 1 is 0.857 bits per heavy atom. The minimum atomic E-state index is -0.834. The van der Waals surface area contributed by atoms with Crippen LogP contribution in [0.15, 0.2) is 44.3 Å². The second kappa shape index (κ2) is 13.3. The number of thiazole rings is 3. The normalized spacial score (nSPS) is 10.7. The number of ether oxygens (including phenoxy) is 3. The van der Waals surface area contributed by atoms with E-state index in [1.165, 1.54) is 50.8 Å². The van der Waals surface area contributed by atoms with E-state index in [0.717, 1.165) is 18.6 Å². The van der Waals surface area contributed by atoms with Gasteiger partial charge in [0.15, 0.2) is 26.4 Å². The molecule has 5 aromatic heterocycles. The molecule has 42 heavy (non-hydrogen) atoms. The fourth-order valence-electron chi connectivity index (χ4n) is 2.78. The summed E-state index contributed by atoms with van der Waals surface area (Å²) in [4.78, 5) is 71.0. The molecule has 15 nitrogen and oxygen atoms in total. The molecule has 5 aromatic rings. The number of carbonyl (C=O) groups excluding carboxylic acids is 3. The van der Waals surface area contributed by atoms with Gasteiger partial charge in [-0.1, -0.05) is 0 Å². The second-order valence-electron chi connectivity index (χ2n) is 8.81. The second-order valence-corrected chi connectivity index (χ2v) is 11.5. The smallest absolute Gasteiger partial charge is 0.360 e. The summed E-state index contributed by atoms with van der Waals surface area (Å²) in [6.07, 6.45) is 4.64. The number of carbonyl (C=O) groups is 3. The number of nitrogens with zero attached hydrogens (tertiary/aromatic N) is 5. The summed E-state index contributed by atoms with van der Waals surface area (Å²) in [5.41, 5.74) is 2.40. The number of anilines is 1. The van der Waals surface area contributed by atoms with Crippen LogP contribution < -0.4 is 21.6 Å². The van der Waals surface area contributed by atoms with Gasteiger partial charge in [0.2, 0.25) is 11.5 Å². The average molecular weight is 637 g/mol. The van der Waals surface area contributed by atoms with Crippen LogP contribution in [-0.4, -0.2) is 61.0 Å². The molecule has 0 saturated heterocycles. The lowest BCUT2D eigenvalue weighted by atomic mass is 9.97. The van der Waals surface area contributed by atoms with Crippen LogP contribution in [0.4, 0.5) is 5.13 Å². The maximum atomic E-state index is 12.3. The molecule has 0 saturated carbocycles. The van der Waals surface area contributed by atoms with Crippen LogP contribution in [0.5, 0.6) is 11.5 Å². The molecule has 3 N–H and O–H groups in total. The van der Waals surface area contributed by atoms with Crippen LogP contribution in [0.1, 0.15) is 41.7 Å². The summed E-state index contributed by atoms with van der Waals surface area (Å²) in [7, 11) is 2.31. The number of nitrogen functional groups attached to an aromatic ring is 1. The third kappa shape index (κ3) is 7.14. The van der Waals surface area contributed by atoms with Crippen molar-refractivity contribution in [2.24, 2.45) is 5.41 Å². The van der Waals surface area contributed by atoms with Crippen molar-refractivity contribution >= 4 is 67.0 Å². The molecular formula is C24H24N6O9S3. The Morgan fingerprint density at radius 2 is 1.38 bits per heavy atom. The van der Waals surface area contributed by atoms with Crippen LogP contribution in [0.2, 0.25) is 0 Å². The van der Waals surface area contributed by atoms with Crippen LogP contribution in [0.25, 0.3) is 9.92 Å². The van der Waals surface area contributed by atoms with Crippen LogP contribution in [0.3, 0.4) is 0 Å². The highest BCUT2D eigenvalue weighted by Gasteiger charge is 2.29. The summed E-state index contributed by atoms with van der Waals surface area (Å²) in [5.74, 6) is -3.42. The van der Waals surface area contributed by atoms with E-state index in [-0.39, 0.29) is 11.4 Å². The van der Waals surface area contributed by atoms with Crippen molar-refractivity contribution in [2.75, 3.05) is 20.0 Å². The number of esters is 3. The molecule has 0 spiro atoms. The number of aromatic nitrogens is 5. The van der Waals surface area contributed by atoms with Gasteiger partial charge >= 0.3 is 29.0 Å². The molecular weight excluding hydrogens is 612 g/mol. The maximum absolute atomic E-state index is 12.3. The van der Waals surface area contributed by atoms with Gasteiger partial charge in [-0.3, -0.25) is 23.2 Å². The number of methoxy groups -OCH3 is 2. The molecule has 0 unspecified atom stereocenters. The lowest BCUT2D eigenvalue weighted by Crippen LogP contribution is -2.30. The highest BCUT2D eigenvalue weighted by Crippen LogP contribution is 2.21. The molecule has 0 aliphatic heterocycles. The minimum Gasteiger partial charge on any atom is -0.501 e. The van der Waals surface area contributed by atoms with Gasteiger partial charge in [0.05, 0.1) is 19.6 Å². The lowest BCUT2D eigenvalue weighted by Gasteiger charge is -2.16. The summed E-state index contributed by atoms with van der Waals surface area (Å²) >= 11 is 3.81. The van der Waals surface area contributed by atoms with E-state index in [9.17, 15) is 29.1 Å². The van der Waals surface area contributed by atoms with Crippen molar-refractivity contribution in [3.05, 3.63) is 66.8 Å². The molecule has 222 valence electrons. The number of nitrogens with two attached hydrogens (primary N) is 1. The molecule has 5 heterocycles. The third-order valence-corrected chi connectivity index (χ3v) is 7.00. The van der Waals surface area contributed by atoms with Gasteiger partial charge in [-0.25, -0.2) is 24.5 Å². The lowest BCUT2D eigenvalue weighted by molar-refractivity contribution is -0.143. The van der Waals surface area contributed by atoms with E-state index in [0.29, 0.717) is 15.1 Å². The van der Waals surface area contributed by atoms with E-state index in [4.69, 9.17) is 10.5 Å². The van der Waals surface area contributed by atoms with E-state index in [1.54, 1.807) is 37.7 Å². The zero-order chi connectivity index (χ0) is 31.2. The Labute approximate surface area is 248 Å². The Kier molecular flexibility index (Phi) is 10.1. The van der Waals surface area contributed by atoms with Gasteiger partial charge in [0, 0.05) is 34.7 Å². The van der Waals surface area contributed by atoms with Crippen LogP contribution in [0, 0.1) is 5.41 Å². The molecule has 0 fully saturated rings. The molecule has 18 heteroatoms. The van der Waals surface area contributed by atoms with Gasteiger partial charge < -0.3 is 25.1 Å². The van der Waals surface area contributed by atoms with E-state index >= 15 is 0 Å². The number of fused-ring (bicyclic) bond motifs is 2. The molecule has 0 aliphatic rings. The largest absolute Gasteiger partial charge is 0.501 e. The van der Waals surface area contributed by atoms with E-state index in [2.05, 4.69) is 24.4 Å². The molecule has 0 radical (unpaired) electrons. The zero-order valence-electron chi connectivity index (χ0n) is 22.7. The van der Waals surface area contributed by atoms with Gasteiger partial charge in [0.25, 0.3) is 0 Å². The molecule has 0 amide bonds. The van der Waals surface area contributed by atoms with Crippen molar-refractivity contribution in [1.29, 1.82) is 0 Å². The van der Waals surface area contributed by atoms with E-state index in [1.807, 2.05) is 5.38 Å². The Bertz CT molecular complexity index is 1850. The minimum absolute atomic E-state index is 0.303. The molecule has 0 aliphatic carbocycles. The first kappa shape index (κ1) is 31.8. The van der Waals surface area contributed by atoms with Gasteiger partial charge in [0.1, 0.15) is 0 Å². The SMILES string of the molecule is COC(=O)c1nc2sccn2c(=O)c1O.COC(=O)c1nc2sccn2c(=O)c1OC(=O)C(C)(C)C.Nc1nccs1. The summed E-state index contributed by atoms with van der Waals surface area (Å²) in [6, 6.07) is 0. The average Bonchev–Trinajstić information content (AvgIpc) is 3.73. The molecule has 5 rings (SSSR count). The quantitative estimate of drug-likeness (QED) is 0.273. The summed E-state index contributed by atoms with van der Waals surface area (Å²) in [6.45, 7) is 4.92. The highest BCUT2D eigenvalue weighted by atomic mass is 32.1. The van der Waals surface area contributed by atoms with Gasteiger partial charge in [-0.2, -0.15) is 0 Å². The fraction of sp³-hybridized carbons (Fsp3) is 0.250. The topological polar surface area (TPSA) is 207 Å². The van der Waals surface area contributed by atoms with Crippen LogP contribution >= 0.6 is 34.0 Å². The Hall–Kier alpha value is -4.68. The predicted octanol–water partition coefficient (Wildman–Crippen LogP) is 2.47. The van der Waals surface area contributed by atoms with Crippen molar-refractivity contribution < 1.29 is 33.7 Å². The molecule has 0 aromatic carbocycles. The first-order valence-corrected chi connectivity index (χ1v) is 14.2. The zero-order valence-corrected chi connectivity index (χ0v) is 25.2. The number of aromatic hydroxyl groups is 1. The van der Waals surface area contributed by atoms with Crippen molar-refractivity contribution in [3.63, 3.8) is 0 Å². The Morgan fingerprint density at radius 3 is 1.83 bits per heavy atom. The van der Waals surface area contributed by atoms with Crippen molar-refractivity contribution in [3.8, 4) is 11.5 Å². The van der Waals surface area contributed by atoms with Crippen molar-refractivity contribution in [1.82, 2.24) is 23.8 Å². The van der Waals surface area contributed by atoms with Gasteiger partial charge in [-0.15, -0.1) is 34.0 Å². The molecule has 0 atom stereocenters. The van der Waals surface area contributed by atoms with Crippen LogP contribution in [-0.2, 0) is 14.3 Å². The monoisotopic (exact) mass is 636 g/mol.